The van der Waals surface area contributed by atoms with Gasteiger partial charge in [-0.25, -0.2) is 19.7 Å². The van der Waals surface area contributed by atoms with Crippen LogP contribution in [0.25, 0.3) is 0 Å². The quantitative estimate of drug-likeness (QED) is 0.728. The Bertz CT molecular complexity index is 599. The molecule has 3 N–H and O–H groups in total. The van der Waals surface area contributed by atoms with Crippen molar-refractivity contribution in [2.45, 2.75) is 12.5 Å². The van der Waals surface area contributed by atoms with Crippen molar-refractivity contribution in [2.24, 2.45) is 0 Å². The number of imidazole rings is 1. The van der Waals surface area contributed by atoms with Gasteiger partial charge in [0, 0.05) is 18.3 Å². The van der Waals surface area contributed by atoms with Gasteiger partial charge in [-0.05, 0) is 0 Å². The normalized spacial score (nSPS) is 11.8. The third kappa shape index (κ3) is 3.51. The van der Waals surface area contributed by atoms with E-state index in [0.717, 1.165) is 0 Å². The summed E-state index contributed by atoms with van der Waals surface area (Å²) >= 11 is 5.56. The Morgan fingerprint density at radius 2 is 2.15 bits per heavy atom. The Kier molecular flexibility index (Phi) is 4.26. The van der Waals surface area contributed by atoms with Gasteiger partial charge in [-0.2, -0.15) is 0 Å². The van der Waals surface area contributed by atoms with E-state index >= 15 is 0 Å². The molecule has 0 radical (unpaired) electrons. The number of aromatic nitrogens is 4. The molecular weight excluding hydrogens is 286 g/mol. The molecule has 2 aromatic heterocycles. The first kappa shape index (κ1) is 13.9. The molecule has 20 heavy (non-hydrogen) atoms. The van der Waals surface area contributed by atoms with Crippen LogP contribution in [0.5, 0.6) is 0 Å². The standard InChI is InChI=1S/C11H10ClN5O3/c12-9-4-14-8(3-15-9)10(18)17-7(11(19)20)1-6-2-13-5-16-6/h2-5,7H,1H2,(H,13,16)(H,17,18)(H,19,20)/t7-/m1/s1. The zero-order chi connectivity index (χ0) is 14.5. The van der Waals surface area contributed by atoms with Crippen LogP contribution in [0.15, 0.2) is 24.9 Å². The number of nitrogens with zero attached hydrogens (tertiary/aromatic N) is 3. The van der Waals surface area contributed by atoms with Crippen molar-refractivity contribution in [1.82, 2.24) is 25.3 Å². The van der Waals surface area contributed by atoms with Crippen LogP contribution < -0.4 is 5.32 Å². The highest BCUT2D eigenvalue weighted by Crippen LogP contribution is 2.03. The first-order valence-electron chi connectivity index (χ1n) is 5.54. The molecule has 0 spiro atoms. The SMILES string of the molecule is O=C(N[C@H](Cc1cnc[nH]1)C(=O)O)c1cnc(Cl)cn1. The summed E-state index contributed by atoms with van der Waals surface area (Å²) in [6.45, 7) is 0. The first-order valence-corrected chi connectivity index (χ1v) is 5.92. The van der Waals surface area contributed by atoms with Crippen LogP contribution in [0.3, 0.4) is 0 Å². The van der Waals surface area contributed by atoms with Gasteiger partial charge >= 0.3 is 5.97 Å². The second-order valence-corrected chi connectivity index (χ2v) is 4.26. The molecule has 0 saturated heterocycles. The van der Waals surface area contributed by atoms with Gasteiger partial charge in [0.05, 0.1) is 18.7 Å². The minimum atomic E-state index is -1.16. The number of hydrogen-bond donors (Lipinski definition) is 3. The highest BCUT2D eigenvalue weighted by atomic mass is 35.5. The van der Waals surface area contributed by atoms with E-state index in [1.807, 2.05) is 0 Å². The summed E-state index contributed by atoms with van der Waals surface area (Å²) in [5, 5.41) is 11.6. The summed E-state index contributed by atoms with van der Waals surface area (Å²) in [5.74, 6) is -1.80. The van der Waals surface area contributed by atoms with E-state index in [1.165, 1.54) is 24.9 Å². The Hall–Kier alpha value is -2.48. The summed E-state index contributed by atoms with van der Waals surface area (Å²) in [4.78, 5) is 37.0. The number of carbonyl (C=O) groups excluding carboxylic acids is 1. The fourth-order valence-electron chi connectivity index (χ4n) is 1.48. The number of carbonyl (C=O) groups is 2. The van der Waals surface area contributed by atoms with Gasteiger partial charge in [0.2, 0.25) is 0 Å². The monoisotopic (exact) mass is 295 g/mol. The number of amides is 1. The molecule has 2 aromatic rings. The summed E-state index contributed by atoms with van der Waals surface area (Å²) in [6, 6.07) is -1.10. The molecule has 0 aliphatic heterocycles. The smallest absolute Gasteiger partial charge is 0.326 e. The van der Waals surface area contributed by atoms with Gasteiger partial charge < -0.3 is 15.4 Å². The van der Waals surface area contributed by atoms with Crippen molar-refractivity contribution >= 4 is 23.5 Å². The highest BCUT2D eigenvalue weighted by Gasteiger charge is 2.22. The average Bonchev–Trinajstić information content (AvgIpc) is 2.91. The first-order chi connectivity index (χ1) is 9.56. The number of carboxylic acids is 1. The summed E-state index contributed by atoms with van der Waals surface area (Å²) < 4.78 is 0. The van der Waals surface area contributed by atoms with Gasteiger partial charge in [-0.15, -0.1) is 0 Å². The molecule has 0 bridgehead atoms. The molecule has 9 heteroatoms. The predicted molar refractivity (Wildman–Crippen MR) is 68.2 cm³/mol. The van der Waals surface area contributed by atoms with Crippen molar-refractivity contribution in [3.8, 4) is 0 Å². The van der Waals surface area contributed by atoms with Crippen LogP contribution >= 0.6 is 11.6 Å². The van der Waals surface area contributed by atoms with Crippen LogP contribution in [0.1, 0.15) is 16.2 Å². The maximum atomic E-state index is 11.9. The van der Waals surface area contributed by atoms with Gasteiger partial charge in [0.25, 0.3) is 5.91 Å². The molecule has 104 valence electrons. The maximum absolute atomic E-state index is 11.9. The van der Waals surface area contributed by atoms with Gasteiger partial charge in [-0.1, -0.05) is 11.6 Å². The van der Waals surface area contributed by atoms with Gasteiger partial charge in [0.1, 0.15) is 16.9 Å². The van der Waals surface area contributed by atoms with Crippen LogP contribution in [0.4, 0.5) is 0 Å². The lowest BCUT2D eigenvalue weighted by molar-refractivity contribution is -0.139. The van der Waals surface area contributed by atoms with Gasteiger partial charge in [-0.3, -0.25) is 4.79 Å². The van der Waals surface area contributed by atoms with Crippen molar-refractivity contribution in [3.05, 3.63) is 41.5 Å². The zero-order valence-corrected chi connectivity index (χ0v) is 10.8. The lowest BCUT2D eigenvalue weighted by Crippen LogP contribution is -2.42. The fourth-order valence-corrected chi connectivity index (χ4v) is 1.58. The summed E-state index contributed by atoms with van der Waals surface area (Å²) in [6.07, 6.45) is 5.39. The third-order valence-electron chi connectivity index (χ3n) is 2.44. The largest absolute Gasteiger partial charge is 0.480 e. The average molecular weight is 296 g/mol. The van der Waals surface area contributed by atoms with Crippen molar-refractivity contribution < 1.29 is 14.7 Å². The Morgan fingerprint density at radius 1 is 1.35 bits per heavy atom. The van der Waals surface area contributed by atoms with Crippen LogP contribution in [0.2, 0.25) is 5.15 Å². The third-order valence-corrected chi connectivity index (χ3v) is 2.63. The number of aliphatic carboxylic acids is 1. The molecule has 0 unspecified atom stereocenters. The predicted octanol–water partition coefficient (Wildman–Crippen LogP) is 0.279. The Morgan fingerprint density at radius 3 is 2.70 bits per heavy atom. The Balaban J connectivity index is 2.06. The highest BCUT2D eigenvalue weighted by molar-refractivity contribution is 6.29. The molecule has 2 heterocycles. The van der Waals surface area contributed by atoms with Crippen molar-refractivity contribution in [3.63, 3.8) is 0 Å². The molecular formula is C11H10ClN5O3. The molecule has 1 amide bonds. The number of hydrogen-bond acceptors (Lipinski definition) is 5. The molecule has 0 fully saturated rings. The molecule has 0 aromatic carbocycles. The van der Waals surface area contributed by atoms with Crippen molar-refractivity contribution in [1.29, 1.82) is 0 Å². The summed E-state index contributed by atoms with van der Waals surface area (Å²) in [7, 11) is 0. The molecule has 0 aliphatic rings. The van der Waals surface area contributed by atoms with Crippen LogP contribution in [0, 0.1) is 0 Å². The van der Waals surface area contributed by atoms with E-state index in [-0.39, 0.29) is 17.3 Å². The van der Waals surface area contributed by atoms with E-state index in [9.17, 15) is 9.59 Å². The molecule has 0 aliphatic carbocycles. The molecule has 8 nitrogen and oxygen atoms in total. The molecule has 0 saturated carbocycles. The van der Waals surface area contributed by atoms with Crippen LogP contribution in [-0.4, -0.2) is 43.0 Å². The molecule has 1 atom stereocenters. The molecule has 2 rings (SSSR count). The van der Waals surface area contributed by atoms with E-state index < -0.39 is 17.9 Å². The lowest BCUT2D eigenvalue weighted by Gasteiger charge is -2.13. The van der Waals surface area contributed by atoms with E-state index in [2.05, 4.69) is 25.3 Å². The number of nitrogens with one attached hydrogen (secondary N) is 2. The number of aromatic amines is 1. The lowest BCUT2D eigenvalue weighted by atomic mass is 10.1. The van der Waals surface area contributed by atoms with Crippen LogP contribution in [-0.2, 0) is 11.2 Å². The number of halogens is 1. The minimum absolute atomic E-state index is 0.00902. The topological polar surface area (TPSA) is 121 Å². The number of H-pyrrole nitrogens is 1. The van der Waals surface area contributed by atoms with Crippen molar-refractivity contribution in [2.75, 3.05) is 0 Å². The maximum Gasteiger partial charge on any atom is 0.326 e. The van der Waals surface area contributed by atoms with E-state index in [0.29, 0.717) is 5.69 Å². The number of carboxylic acid groups (broad SMARTS) is 1. The minimum Gasteiger partial charge on any atom is -0.480 e. The van der Waals surface area contributed by atoms with E-state index in [1.54, 1.807) is 0 Å². The second-order valence-electron chi connectivity index (χ2n) is 3.87. The van der Waals surface area contributed by atoms with E-state index in [4.69, 9.17) is 16.7 Å². The Labute approximate surface area is 118 Å². The zero-order valence-electron chi connectivity index (χ0n) is 10.1. The summed E-state index contributed by atoms with van der Waals surface area (Å²) in [5.41, 5.74) is 0.588. The fraction of sp³-hybridized carbons (Fsp3) is 0.182. The van der Waals surface area contributed by atoms with Gasteiger partial charge in [0.15, 0.2) is 0 Å². The number of rotatable bonds is 5. The second kappa shape index (κ2) is 6.11.